The van der Waals surface area contributed by atoms with Crippen molar-refractivity contribution in [3.05, 3.63) is 71.2 Å². The van der Waals surface area contributed by atoms with Gasteiger partial charge in [0.1, 0.15) is 5.52 Å². The summed E-state index contributed by atoms with van der Waals surface area (Å²) >= 11 is 0. The Morgan fingerprint density at radius 1 is 1.20 bits per heavy atom. The molecule has 3 heterocycles. The molecule has 1 aliphatic rings. The first-order valence-corrected chi connectivity index (χ1v) is 12.2. The molecular weight excluding hydrogens is 484 g/mol. The minimum atomic E-state index is -4.67. The average molecular weight is 505 g/mol. The number of imidazole rings is 1. The zero-order chi connectivity index (χ0) is 24.9. The molecule has 1 unspecified atom stereocenters. The fourth-order valence-corrected chi connectivity index (χ4v) is 5.39. The number of carbonyl (C=O) groups is 1. The quantitative estimate of drug-likeness (QED) is 0.306. The SMILES string of the molecule is C[C@H]1CN(c2cc(F)c3nc(-c4cc(C(=O)c5ccccc5C(F)(F)F)c[nH]4)[nH]c3c2)CCS1=O. The van der Waals surface area contributed by atoms with Crippen molar-refractivity contribution in [2.24, 2.45) is 0 Å². The molecule has 0 bridgehead atoms. The number of carbonyl (C=O) groups excluding carboxylic acids is 1. The molecule has 4 aromatic rings. The largest absolute Gasteiger partial charge is 0.417 e. The van der Waals surface area contributed by atoms with Crippen molar-refractivity contribution >= 4 is 33.3 Å². The summed E-state index contributed by atoms with van der Waals surface area (Å²) in [6, 6.07) is 9.11. The number of aromatic nitrogens is 3. The highest BCUT2D eigenvalue weighted by Crippen LogP contribution is 2.33. The number of hydrogen-bond donors (Lipinski definition) is 2. The molecule has 2 atom stereocenters. The van der Waals surface area contributed by atoms with Crippen LogP contribution in [0.2, 0.25) is 0 Å². The van der Waals surface area contributed by atoms with Crippen molar-refractivity contribution in [2.45, 2.75) is 18.3 Å². The molecule has 2 aromatic carbocycles. The second kappa shape index (κ2) is 8.63. The van der Waals surface area contributed by atoms with E-state index in [1.54, 1.807) is 6.07 Å². The summed E-state index contributed by atoms with van der Waals surface area (Å²) in [5.74, 6) is -0.582. The van der Waals surface area contributed by atoms with Gasteiger partial charge in [-0.25, -0.2) is 9.37 Å². The lowest BCUT2D eigenvalue weighted by Gasteiger charge is -2.32. The number of fused-ring (bicyclic) bond motifs is 1. The highest BCUT2D eigenvalue weighted by molar-refractivity contribution is 7.85. The van der Waals surface area contributed by atoms with E-state index in [2.05, 4.69) is 15.0 Å². The molecule has 35 heavy (non-hydrogen) atoms. The van der Waals surface area contributed by atoms with Gasteiger partial charge in [0.2, 0.25) is 0 Å². The van der Waals surface area contributed by atoms with E-state index in [1.807, 2.05) is 11.8 Å². The van der Waals surface area contributed by atoms with Crippen LogP contribution in [0.4, 0.5) is 23.2 Å². The lowest BCUT2D eigenvalue weighted by atomic mass is 9.99. The number of aromatic amines is 2. The molecule has 5 rings (SSSR count). The van der Waals surface area contributed by atoms with E-state index in [1.165, 1.54) is 30.5 Å². The number of anilines is 1. The van der Waals surface area contributed by atoms with Crippen LogP contribution >= 0.6 is 0 Å². The van der Waals surface area contributed by atoms with Gasteiger partial charge in [-0.3, -0.25) is 9.00 Å². The van der Waals surface area contributed by atoms with Crippen LogP contribution in [0.3, 0.4) is 0 Å². The molecule has 0 amide bonds. The van der Waals surface area contributed by atoms with Gasteiger partial charge in [0.05, 0.1) is 16.8 Å². The normalized spacial score (nSPS) is 18.8. The Morgan fingerprint density at radius 3 is 2.71 bits per heavy atom. The first kappa shape index (κ1) is 23.3. The summed E-state index contributed by atoms with van der Waals surface area (Å²) in [5.41, 5.74) is 0.0523. The predicted molar refractivity (Wildman–Crippen MR) is 125 cm³/mol. The molecule has 0 spiro atoms. The van der Waals surface area contributed by atoms with Crippen LogP contribution in [0.1, 0.15) is 28.4 Å². The van der Waals surface area contributed by atoms with Gasteiger partial charge in [-0.15, -0.1) is 0 Å². The molecule has 1 fully saturated rings. The molecular formula is C24H20F4N4O2S. The smallest absolute Gasteiger partial charge is 0.369 e. The molecule has 2 aromatic heterocycles. The maximum Gasteiger partial charge on any atom is 0.417 e. The second-order valence-electron chi connectivity index (χ2n) is 8.43. The summed E-state index contributed by atoms with van der Waals surface area (Å²) < 4.78 is 66.8. The first-order valence-electron chi connectivity index (χ1n) is 10.8. The molecule has 0 radical (unpaired) electrons. The first-order chi connectivity index (χ1) is 16.6. The Labute approximate surface area is 199 Å². The summed E-state index contributed by atoms with van der Waals surface area (Å²) in [4.78, 5) is 24.9. The molecule has 0 saturated carbocycles. The topological polar surface area (TPSA) is 81.8 Å². The van der Waals surface area contributed by atoms with Crippen LogP contribution in [0.15, 0.2) is 48.7 Å². The average Bonchev–Trinajstić information content (AvgIpc) is 3.47. The van der Waals surface area contributed by atoms with Crippen LogP contribution in [0.25, 0.3) is 22.6 Å². The molecule has 1 saturated heterocycles. The van der Waals surface area contributed by atoms with Crippen LogP contribution in [-0.2, 0) is 17.0 Å². The minimum Gasteiger partial charge on any atom is -0.369 e. The Hall–Kier alpha value is -3.47. The van der Waals surface area contributed by atoms with Crippen molar-refractivity contribution in [1.29, 1.82) is 0 Å². The summed E-state index contributed by atoms with van der Waals surface area (Å²) in [6.07, 6.45) is -3.37. The van der Waals surface area contributed by atoms with E-state index in [0.29, 0.717) is 35.7 Å². The van der Waals surface area contributed by atoms with E-state index in [0.717, 1.165) is 12.1 Å². The highest BCUT2D eigenvalue weighted by Gasteiger charge is 2.35. The van der Waals surface area contributed by atoms with E-state index >= 15 is 0 Å². The van der Waals surface area contributed by atoms with Crippen molar-refractivity contribution in [1.82, 2.24) is 15.0 Å². The minimum absolute atomic E-state index is 0.0219. The van der Waals surface area contributed by atoms with Crippen molar-refractivity contribution < 1.29 is 26.6 Å². The highest BCUT2D eigenvalue weighted by atomic mass is 32.2. The van der Waals surface area contributed by atoms with Crippen molar-refractivity contribution in [3.63, 3.8) is 0 Å². The van der Waals surface area contributed by atoms with Crippen LogP contribution in [0, 0.1) is 5.82 Å². The third kappa shape index (κ3) is 4.36. The summed E-state index contributed by atoms with van der Waals surface area (Å²) in [6.45, 7) is 2.98. The number of benzene rings is 2. The number of alkyl halides is 3. The maximum absolute atomic E-state index is 14.9. The van der Waals surface area contributed by atoms with Gasteiger partial charge >= 0.3 is 6.18 Å². The number of H-pyrrole nitrogens is 2. The molecule has 2 N–H and O–H groups in total. The zero-order valence-corrected chi connectivity index (χ0v) is 19.3. The number of hydrogen-bond acceptors (Lipinski definition) is 4. The number of nitrogens with zero attached hydrogens (tertiary/aromatic N) is 2. The number of halogens is 4. The van der Waals surface area contributed by atoms with E-state index in [-0.39, 0.29) is 22.2 Å². The summed E-state index contributed by atoms with van der Waals surface area (Å²) in [7, 11) is -0.905. The molecule has 182 valence electrons. The monoisotopic (exact) mass is 504 g/mol. The Bertz CT molecular complexity index is 1460. The van der Waals surface area contributed by atoms with Gasteiger partial charge in [0.15, 0.2) is 17.4 Å². The third-order valence-corrected chi connectivity index (χ3v) is 7.69. The van der Waals surface area contributed by atoms with Gasteiger partial charge in [0.25, 0.3) is 0 Å². The zero-order valence-electron chi connectivity index (χ0n) is 18.4. The number of rotatable bonds is 4. The molecule has 6 nitrogen and oxygen atoms in total. The Morgan fingerprint density at radius 2 is 1.97 bits per heavy atom. The Kier molecular flexibility index (Phi) is 5.74. The standard InChI is InChI=1S/C24H20F4N4O2S/c1-13-12-32(6-7-35(13)34)15-9-18(25)21-19(10-15)30-23(31-21)20-8-14(11-29-20)22(33)16-4-2-3-5-17(16)24(26,27)28/h2-5,8-11,13,29H,6-7,12H2,1H3,(H,30,31)/t13-,35?/m0/s1. The van der Waals surface area contributed by atoms with Gasteiger partial charge in [-0.05, 0) is 31.2 Å². The predicted octanol–water partition coefficient (Wildman–Crippen LogP) is 4.90. The molecule has 1 aliphatic heterocycles. The summed E-state index contributed by atoms with van der Waals surface area (Å²) in [5, 5.41) is -0.0304. The van der Waals surface area contributed by atoms with Gasteiger partial charge in [-0.1, -0.05) is 18.2 Å². The third-order valence-electron chi connectivity index (χ3n) is 6.06. The fraction of sp³-hybridized carbons (Fsp3) is 0.250. The number of ketones is 1. The maximum atomic E-state index is 14.9. The van der Waals surface area contributed by atoms with Gasteiger partial charge in [0, 0.05) is 57.9 Å². The molecule has 11 heteroatoms. The number of nitrogens with one attached hydrogen (secondary N) is 2. The second-order valence-corrected chi connectivity index (χ2v) is 10.4. The lowest BCUT2D eigenvalue weighted by Crippen LogP contribution is -2.42. The Balaban J connectivity index is 1.46. The van der Waals surface area contributed by atoms with Crippen LogP contribution in [0.5, 0.6) is 0 Å². The van der Waals surface area contributed by atoms with Crippen molar-refractivity contribution in [3.8, 4) is 11.5 Å². The fourth-order valence-electron chi connectivity index (χ4n) is 4.24. The van der Waals surface area contributed by atoms with Gasteiger partial charge < -0.3 is 14.9 Å². The molecule has 0 aliphatic carbocycles. The van der Waals surface area contributed by atoms with Gasteiger partial charge in [-0.2, -0.15) is 13.2 Å². The van der Waals surface area contributed by atoms with E-state index in [4.69, 9.17) is 0 Å². The lowest BCUT2D eigenvalue weighted by molar-refractivity contribution is -0.137. The van der Waals surface area contributed by atoms with E-state index < -0.39 is 39.7 Å². The van der Waals surface area contributed by atoms with Crippen molar-refractivity contribution in [2.75, 3.05) is 23.7 Å². The van der Waals surface area contributed by atoms with Crippen LogP contribution < -0.4 is 4.90 Å². The van der Waals surface area contributed by atoms with E-state index in [9.17, 15) is 26.6 Å². The van der Waals surface area contributed by atoms with Crippen LogP contribution in [-0.4, -0.2) is 49.0 Å².